The Morgan fingerprint density at radius 1 is 1.00 bits per heavy atom. The normalized spacial score (nSPS) is 13.1. The fourth-order valence-electron chi connectivity index (χ4n) is 5.21. The van der Waals surface area contributed by atoms with E-state index >= 15 is 0 Å². The van der Waals surface area contributed by atoms with Gasteiger partial charge in [0.1, 0.15) is 16.6 Å². The van der Waals surface area contributed by atoms with Gasteiger partial charge in [-0.15, -0.1) is 0 Å². The summed E-state index contributed by atoms with van der Waals surface area (Å²) in [4.78, 5) is 42.6. The molecule has 0 spiro atoms. The van der Waals surface area contributed by atoms with Crippen LogP contribution in [0.25, 0.3) is 21.3 Å². The Labute approximate surface area is 258 Å². The van der Waals surface area contributed by atoms with Crippen molar-refractivity contribution in [1.29, 1.82) is 0 Å². The molecule has 4 heterocycles. The van der Waals surface area contributed by atoms with E-state index in [1.165, 1.54) is 11.3 Å². The van der Waals surface area contributed by atoms with Crippen LogP contribution in [0.4, 0.5) is 10.9 Å². The predicted octanol–water partition coefficient (Wildman–Crippen LogP) is 7.49. The standard InChI is InChI=1S/C33H30ClN5O3S/c1-19-21(14-16-35-29(19)34)22-12-13-27(37-28(22)31(41)42-33(2,3)4)39-17-15-20-8-7-9-23(24(20)18-39)30(40)38-32-36-25-10-5-6-11-26(25)43-32/h5-14,16H,15,17-18H2,1-4H3,(H,36,38,40). The minimum Gasteiger partial charge on any atom is -0.455 e. The number of carbonyl (C=O) groups is 2. The van der Waals surface area contributed by atoms with E-state index in [-0.39, 0.29) is 11.6 Å². The summed E-state index contributed by atoms with van der Waals surface area (Å²) in [6.07, 6.45) is 2.34. The molecule has 218 valence electrons. The predicted molar refractivity (Wildman–Crippen MR) is 171 cm³/mol. The first-order valence-electron chi connectivity index (χ1n) is 14.0. The van der Waals surface area contributed by atoms with Crippen LogP contribution in [0.1, 0.15) is 58.3 Å². The van der Waals surface area contributed by atoms with Crippen molar-refractivity contribution in [3.8, 4) is 11.1 Å². The number of para-hydroxylation sites is 1. The highest BCUT2D eigenvalue weighted by molar-refractivity contribution is 7.22. The lowest BCUT2D eigenvalue weighted by atomic mass is 9.94. The number of anilines is 2. The van der Waals surface area contributed by atoms with E-state index in [0.717, 1.165) is 38.9 Å². The van der Waals surface area contributed by atoms with Crippen LogP contribution in [0.15, 0.2) is 66.9 Å². The highest BCUT2D eigenvalue weighted by atomic mass is 35.5. The summed E-state index contributed by atoms with van der Waals surface area (Å²) in [7, 11) is 0. The Morgan fingerprint density at radius 3 is 2.60 bits per heavy atom. The molecular formula is C33H30ClN5O3S. The van der Waals surface area contributed by atoms with E-state index in [1.807, 2.05) is 82.3 Å². The number of ether oxygens (including phenoxy) is 1. The molecule has 3 aromatic heterocycles. The van der Waals surface area contributed by atoms with Crippen LogP contribution in [0.3, 0.4) is 0 Å². The first-order valence-corrected chi connectivity index (χ1v) is 15.2. The second-order valence-corrected chi connectivity index (χ2v) is 12.8. The van der Waals surface area contributed by atoms with Gasteiger partial charge in [-0.1, -0.05) is 47.2 Å². The van der Waals surface area contributed by atoms with E-state index in [1.54, 1.807) is 6.20 Å². The molecule has 1 aliphatic rings. The maximum Gasteiger partial charge on any atom is 0.358 e. The third-order valence-electron chi connectivity index (χ3n) is 7.26. The third kappa shape index (κ3) is 5.96. The van der Waals surface area contributed by atoms with Gasteiger partial charge in [0.25, 0.3) is 5.91 Å². The summed E-state index contributed by atoms with van der Waals surface area (Å²) >= 11 is 7.77. The van der Waals surface area contributed by atoms with Crippen LogP contribution in [0, 0.1) is 6.92 Å². The largest absolute Gasteiger partial charge is 0.455 e. The van der Waals surface area contributed by atoms with Gasteiger partial charge in [0.05, 0.1) is 10.2 Å². The number of hydrogen-bond acceptors (Lipinski definition) is 8. The molecule has 0 unspecified atom stereocenters. The molecule has 0 bridgehead atoms. The smallest absolute Gasteiger partial charge is 0.358 e. The molecule has 43 heavy (non-hydrogen) atoms. The van der Waals surface area contributed by atoms with Crippen molar-refractivity contribution < 1.29 is 14.3 Å². The zero-order valence-corrected chi connectivity index (χ0v) is 25.8. The topological polar surface area (TPSA) is 97.3 Å². The van der Waals surface area contributed by atoms with Gasteiger partial charge in [-0.05, 0) is 92.8 Å². The molecule has 0 saturated heterocycles. The van der Waals surface area contributed by atoms with Crippen LogP contribution >= 0.6 is 22.9 Å². The van der Waals surface area contributed by atoms with Gasteiger partial charge in [-0.3, -0.25) is 10.1 Å². The van der Waals surface area contributed by atoms with Gasteiger partial charge in [0.15, 0.2) is 10.8 Å². The van der Waals surface area contributed by atoms with Crippen molar-refractivity contribution in [3.63, 3.8) is 0 Å². The summed E-state index contributed by atoms with van der Waals surface area (Å²) in [5.41, 5.74) is 5.10. The molecule has 10 heteroatoms. The fourth-order valence-corrected chi connectivity index (χ4v) is 6.22. The first-order chi connectivity index (χ1) is 20.6. The van der Waals surface area contributed by atoms with E-state index < -0.39 is 11.6 Å². The Balaban J connectivity index is 1.33. The number of rotatable bonds is 5. The molecule has 1 amide bonds. The van der Waals surface area contributed by atoms with Crippen LogP contribution in [0.2, 0.25) is 5.15 Å². The van der Waals surface area contributed by atoms with Gasteiger partial charge < -0.3 is 9.64 Å². The molecule has 0 radical (unpaired) electrons. The van der Waals surface area contributed by atoms with Crippen molar-refractivity contribution in [2.45, 2.75) is 46.3 Å². The summed E-state index contributed by atoms with van der Waals surface area (Å²) in [6, 6.07) is 19.2. The summed E-state index contributed by atoms with van der Waals surface area (Å²) in [5.74, 6) is -0.111. The van der Waals surface area contributed by atoms with E-state index in [4.69, 9.17) is 21.3 Å². The number of pyridine rings is 2. The van der Waals surface area contributed by atoms with Crippen LogP contribution in [-0.4, -0.2) is 39.0 Å². The quantitative estimate of drug-likeness (QED) is 0.162. The van der Waals surface area contributed by atoms with E-state index in [0.29, 0.717) is 40.3 Å². The van der Waals surface area contributed by atoms with Crippen LogP contribution < -0.4 is 10.2 Å². The molecule has 0 atom stereocenters. The Bertz CT molecular complexity index is 1850. The van der Waals surface area contributed by atoms with Gasteiger partial charge in [-0.2, -0.15) is 0 Å². The average molecular weight is 612 g/mol. The second-order valence-electron chi connectivity index (χ2n) is 11.4. The zero-order chi connectivity index (χ0) is 30.3. The number of benzene rings is 2. The SMILES string of the molecule is Cc1c(-c2ccc(N3CCc4cccc(C(=O)Nc5nc6ccccc6s5)c4C3)nc2C(=O)OC(C)(C)C)ccnc1Cl. The summed E-state index contributed by atoms with van der Waals surface area (Å²) in [5, 5.41) is 3.91. The number of nitrogens with zero attached hydrogens (tertiary/aromatic N) is 4. The monoisotopic (exact) mass is 611 g/mol. The maximum atomic E-state index is 13.5. The third-order valence-corrected chi connectivity index (χ3v) is 8.59. The number of fused-ring (bicyclic) bond motifs is 2. The molecule has 0 saturated carbocycles. The lowest BCUT2D eigenvalue weighted by Crippen LogP contribution is -2.33. The van der Waals surface area contributed by atoms with Crippen molar-refractivity contribution in [3.05, 3.63) is 100.0 Å². The molecule has 0 aliphatic carbocycles. The lowest BCUT2D eigenvalue weighted by molar-refractivity contribution is 0.00638. The van der Waals surface area contributed by atoms with Crippen molar-refractivity contribution in [2.24, 2.45) is 0 Å². The molecule has 6 rings (SSSR count). The van der Waals surface area contributed by atoms with Crippen molar-refractivity contribution in [2.75, 3.05) is 16.8 Å². The van der Waals surface area contributed by atoms with Crippen LogP contribution in [-0.2, 0) is 17.7 Å². The Hall–Kier alpha value is -4.34. The van der Waals surface area contributed by atoms with Crippen LogP contribution in [0.5, 0.6) is 0 Å². The fraction of sp³-hybridized carbons (Fsp3) is 0.242. The molecule has 2 aromatic carbocycles. The number of aromatic nitrogens is 3. The van der Waals surface area contributed by atoms with Gasteiger partial charge in [0.2, 0.25) is 0 Å². The zero-order valence-electron chi connectivity index (χ0n) is 24.3. The van der Waals surface area contributed by atoms with Crippen molar-refractivity contribution in [1.82, 2.24) is 15.0 Å². The number of hydrogen-bond donors (Lipinski definition) is 1. The van der Waals surface area contributed by atoms with Crippen molar-refractivity contribution >= 4 is 56.0 Å². The lowest BCUT2D eigenvalue weighted by Gasteiger charge is -2.31. The Kier molecular flexibility index (Phi) is 7.62. The molecular weight excluding hydrogens is 582 g/mol. The molecule has 1 aliphatic heterocycles. The highest BCUT2D eigenvalue weighted by Gasteiger charge is 2.27. The number of nitrogens with one attached hydrogen (secondary N) is 1. The number of esters is 1. The number of amides is 1. The molecule has 1 N–H and O–H groups in total. The first kappa shape index (κ1) is 28.8. The Morgan fingerprint density at radius 2 is 1.81 bits per heavy atom. The number of halogens is 1. The molecule has 8 nitrogen and oxygen atoms in total. The summed E-state index contributed by atoms with van der Waals surface area (Å²) in [6.45, 7) is 8.47. The summed E-state index contributed by atoms with van der Waals surface area (Å²) < 4.78 is 6.77. The molecule has 0 fully saturated rings. The minimum atomic E-state index is -0.702. The molecule has 5 aromatic rings. The number of carbonyl (C=O) groups excluding carboxylic acids is 2. The van der Waals surface area contributed by atoms with Gasteiger partial charge in [-0.25, -0.2) is 19.7 Å². The van der Waals surface area contributed by atoms with Gasteiger partial charge in [0, 0.05) is 30.4 Å². The number of thiazole rings is 1. The highest BCUT2D eigenvalue weighted by Crippen LogP contribution is 2.34. The average Bonchev–Trinajstić information content (AvgIpc) is 3.39. The minimum absolute atomic E-state index is 0.199. The van der Waals surface area contributed by atoms with Gasteiger partial charge >= 0.3 is 5.97 Å². The second kappa shape index (κ2) is 11.4. The maximum absolute atomic E-state index is 13.5. The van der Waals surface area contributed by atoms with E-state index in [9.17, 15) is 9.59 Å². The van der Waals surface area contributed by atoms with E-state index in [2.05, 4.69) is 26.3 Å².